The number of nitrogens with one attached hydrogen (secondary N) is 1. The molecule has 34 heavy (non-hydrogen) atoms. The highest BCUT2D eigenvalue weighted by atomic mass is 16.5. The number of fused-ring (bicyclic) bond motifs is 1. The summed E-state index contributed by atoms with van der Waals surface area (Å²) >= 11 is 0. The second-order valence-corrected chi connectivity index (χ2v) is 8.35. The summed E-state index contributed by atoms with van der Waals surface area (Å²) in [6, 6.07) is 17.0. The molecule has 0 saturated carbocycles. The summed E-state index contributed by atoms with van der Waals surface area (Å²) in [6.45, 7) is 7.03. The number of hydrogen-bond acceptors (Lipinski definition) is 5. The number of anilines is 2. The summed E-state index contributed by atoms with van der Waals surface area (Å²) in [5.74, 6) is -2.19. The number of nitrogens with zero attached hydrogens (tertiary/aromatic N) is 1. The van der Waals surface area contributed by atoms with Crippen molar-refractivity contribution in [3.8, 4) is 0 Å². The summed E-state index contributed by atoms with van der Waals surface area (Å²) in [4.78, 5) is 52.4. The third-order valence-electron chi connectivity index (χ3n) is 5.78. The number of ether oxygens (including phenoxy) is 1. The highest BCUT2D eigenvalue weighted by Crippen LogP contribution is 2.32. The maximum atomic E-state index is 13.1. The average molecular weight is 456 g/mol. The Bertz CT molecular complexity index is 1340. The number of esters is 1. The van der Waals surface area contributed by atoms with Crippen LogP contribution in [0.5, 0.6) is 0 Å². The van der Waals surface area contributed by atoms with Gasteiger partial charge in [-0.1, -0.05) is 30.3 Å². The van der Waals surface area contributed by atoms with Crippen molar-refractivity contribution >= 4 is 35.1 Å². The SMILES string of the molecule is Cc1ccc(C)c(N2C(=O)c3ccc(C(=O)OC(C)C(=O)Nc4ccccc4C)cc3C2=O)c1. The van der Waals surface area contributed by atoms with Gasteiger partial charge in [0.15, 0.2) is 6.10 Å². The molecule has 1 unspecified atom stereocenters. The number of carbonyl (C=O) groups is 4. The summed E-state index contributed by atoms with van der Waals surface area (Å²) in [6.07, 6.45) is -1.07. The van der Waals surface area contributed by atoms with Crippen LogP contribution in [0.2, 0.25) is 0 Å². The Morgan fingerprint density at radius 2 is 1.56 bits per heavy atom. The van der Waals surface area contributed by atoms with Gasteiger partial charge in [-0.3, -0.25) is 14.4 Å². The number of benzene rings is 3. The van der Waals surface area contributed by atoms with Crippen molar-refractivity contribution in [3.05, 3.63) is 94.0 Å². The van der Waals surface area contributed by atoms with Gasteiger partial charge in [-0.05, 0) is 74.7 Å². The molecule has 0 bridgehead atoms. The zero-order valence-electron chi connectivity index (χ0n) is 19.3. The molecule has 1 N–H and O–H groups in total. The van der Waals surface area contributed by atoms with E-state index in [4.69, 9.17) is 4.74 Å². The van der Waals surface area contributed by atoms with E-state index in [0.717, 1.165) is 21.6 Å². The lowest BCUT2D eigenvalue weighted by molar-refractivity contribution is -0.123. The molecule has 3 amide bonds. The van der Waals surface area contributed by atoms with Crippen LogP contribution in [-0.2, 0) is 9.53 Å². The number of imide groups is 1. The highest BCUT2D eigenvalue weighted by molar-refractivity contribution is 6.35. The fourth-order valence-electron chi connectivity index (χ4n) is 3.78. The standard InChI is InChI=1S/C27H24N2O5/c1-15-9-10-17(3)23(13-15)29-25(31)20-12-11-19(14-21(20)26(29)32)27(33)34-18(4)24(30)28-22-8-6-5-7-16(22)2/h5-14,18H,1-4H3,(H,28,30). The summed E-state index contributed by atoms with van der Waals surface area (Å²) in [7, 11) is 0. The predicted octanol–water partition coefficient (Wildman–Crippen LogP) is 4.60. The Morgan fingerprint density at radius 1 is 0.853 bits per heavy atom. The Labute approximate surface area is 197 Å². The van der Waals surface area contributed by atoms with Crippen LogP contribution in [0.1, 0.15) is 54.7 Å². The first-order valence-corrected chi connectivity index (χ1v) is 10.8. The first-order chi connectivity index (χ1) is 16.2. The van der Waals surface area contributed by atoms with Gasteiger partial charge in [-0.15, -0.1) is 0 Å². The lowest BCUT2D eigenvalue weighted by Gasteiger charge is -2.17. The summed E-state index contributed by atoms with van der Waals surface area (Å²) in [5, 5.41) is 2.73. The minimum Gasteiger partial charge on any atom is -0.449 e. The minimum absolute atomic E-state index is 0.0817. The van der Waals surface area contributed by atoms with E-state index in [9.17, 15) is 19.2 Å². The molecule has 0 fully saturated rings. The third-order valence-corrected chi connectivity index (χ3v) is 5.78. The first kappa shape index (κ1) is 22.9. The van der Waals surface area contributed by atoms with Gasteiger partial charge in [0.05, 0.1) is 22.4 Å². The number of carbonyl (C=O) groups excluding carboxylic acids is 4. The maximum absolute atomic E-state index is 13.1. The molecule has 1 aliphatic rings. The van der Waals surface area contributed by atoms with Gasteiger partial charge in [-0.2, -0.15) is 0 Å². The molecule has 3 aromatic rings. The Kier molecular flexibility index (Phi) is 6.03. The maximum Gasteiger partial charge on any atom is 0.338 e. The van der Waals surface area contributed by atoms with Crippen LogP contribution in [0.3, 0.4) is 0 Å². The topological polar surface area (TPSA) is 92.8 Å². The van der Waals surface area contributed by atoms with Crippen LogP contribution in [0.4, 0.5) is 11.4 Å². The van der Waals surface area contributed by atoms with E-state index in [1.54, 1.807) is 18.2 Å². The van der Waals surface area contributed by atoms with Crippen molar-refractivity contribution in [1.82, 2.24) is 0 Å². The van der Waals surface area contributed by atoms with Crippen LogP contribution in [-0.4, -0.2) is 29.8 Å². The number of hydrogen-bond donors (Lipinski definition) is 1. The van der Waals surface area contributed by atoms with Crippen molar-refractivity contribution in [2.75, 3.05) is 10.2 Å². The molecule has 172 valence electrons. The van der Waals surface area contributed by atoms with Crippen LogP contribution in [0.25, 0.3) is 0 Å². The Hall–Kier alpha value is -4.26. The monoisotopic (exact) mass is 456 g/mol. The molecule has 1 atom stereocenters. The molecule has 0 spiro atoms. The smallest absolute Gasteiger partial charge is 0.338 e. The molecule has 0 saturated heterocycles. The van der Waals surface area contributed by atoms with Gasteiger partial charge in [0, 0.05) is 5.69 Å². The molecule has 1 heterocycles. The second-order valence-electron chi connectivity index (χ2n) is 8.35. The number of aryl methyl sites for hydroxylation is 3. The van der Waals surface area contributed by atoms with Gasteiger partial charge >= 0.3 is 5.97 Å². The van der Waals surface area contributed by atoms with Gasteiger partial charge < -0.3 is 10.1 Å². The van der Waals surface area contributed by atoms with Crippen molar-refractivity contribution in [3.63, 3.8) is 0 Å². The molecule has 7 nitrogen and oxygen atoms in total. The van der Waals surface area contributed by atoms with Crippen molar-refractivity contribution < 1.29 is 23.9 Å². The van der Waals surface area contributed by atoms with E-state index < -0.39 is 29.8 Å². The van der Waals surface area contributed by atoms with Crippen molar-refractivity contribution in [1.29, 1.82) is 0 Å². The lowest BCUT2D eigenvalue weighted by Crippen LogP contribution is -2.30. The Morgan fingerprint density at radius 3 is 2.29 bits per heavy atom. The molecule has 4 rings (SSSR count). The fourth-order valence-corrected chi connectivity index (χ4v) is 3.78. The number of rotatable bonds is 5. The molecule has 1 aliphatic heterocycles. The normalized spacial score (nSPS) is 13.5. The Balaban J connectivity index is 1.52. The van der Waals surface area contributed by atoms with Gasteiger partial charge in [-0.25, -0.2) is 9.69 Å². The van der Waals surface area contributed by atoms with Gasteiger partial charge in [0.2, 0.25) is 0 Å². The van der Waals surface area contributed by atoms with Crippen molar-refractivity contribution in [2.45, 2.75) is 33.8 Å². The fraction of sp³-hybridized carbons (Fsp3) is 0.185. The predicted molar refractivity (Wildman–Crippen MR) is 128 cm³/mol. The second kappa shape index (κ2) is 8.94. The minimum atomic E-state index is -1.07. The molecule has 3 aromatic carbocycles. The van der Waals surface area contributed by atoms with Gasteiger partial charge in [0.1, 0.15) is 0 Å². The molecular weight excluding hydrogens is 432 g/mol. The van der Waals surface area contributed by atoms with Crippen LogP contribution in [0.15, 0.2) is 60.7 Å². The molecule has 7 heteroatoms. The van der Waals surface area contributed by atoms with Crippen molar-refractivity contribution in [2.24, 2.45) is 0 Å². The third kappa shape index (κ3) is 4.20. The van der Waals surface area contributed by atoms with Crippen LogP contribution < -0.4 is 10.2 Å². The van der Waals surface area contributed by atoms with E-state index in [1.165, 1.54) is 25.1 Å². The van der Waals surface area contributed by atoms with E-state index in [0.29, 0.717) is 11.4 Å². The van der Waals surface area contributed by atoms with Crippen LogP contribution in [0, 0.1) is 20.8 Å². The molecule has 0 radical (unpaired) electrons. The highest BCUT2D eigenvalue weighted by Gasteiger charge is 2.38. The first-order valence-electron chi connectivity index (χ1n) is 10.8. The summed E-state index contributed by atoms with van der Waals surface area (Å²) < 4.78 is 5.32. The molecule has 0 aliphatic carbocycles. The largest absolute Gasteiger partial charge is 0.449 e. The summed E-state index contributed by atoms with van der Waals surface area (Å²) in [5.41, 5.74) is 4.14. The lowest BCUT2D eigenvalue weighted by atomic mass is 10.1. The van der Waals surface area contributed by atoms with Crippen LogP contribution >= 0.6 is 0 Å². The van der Waals surface area contributed by atoms with Gasteiger partial charge in [0.25, 0.3) is 17.7 Å². The zero-order chi connectivity index (χ0) is 24.6. The molecular formula is C27H24N2O5. The quantitative estimate of drug-likeness (QED) is 0.448. The number of amides is 3. The van der Waals surface area contributed by atoms with E-state index >= 15 is 0 Å². The number of para-hydroxylation sites is 1. The zero-order valence-corrected chi connectivity index (χ0v) is 19.3. The van der Waals surface area contributed by atoms with E-state index in [2.05, 4.69) is 5.32 Å². The van der Waals surface area contributed by atoms with E-state index in [-0.39, 0.29) is 16.7 Å². The average Bonchev–Trinajstić information content (AvgIpc) is 3.06. The van der Waals surface area contributed by atoms with E-state index in [1.807, 2.05) is 45.0 Å². The molecule has 0 aromatic heterocycles.